The summed E-state index contributed by atoms with van der Waals surface area (Å²) in [6, 6.07) is 7.90. The molecule has 4 aliphatic rings. The van der Waals surface area contributed by atoms with E-state index in [1.54, 1.807) is 4.80 Å². The third kappa shape index (κ3) is 3.04. The lowest BCUT2D eigenvalue weighted by molar-refractivity contribution is -0.137. The Morgan fingerprint density at radius 3 is 2.38 bits per heavy atom. The summed E-state index contributed by atoms with van der Waals surface area (Å²) in [5.74, 6) is 4.86. The van der Waals surface area contributed by atoms with Crippen LogP contribution in [0.3, 0.4) is 0 Å². The predicted octanol–water partition coefficient (Wildman–Crippen LogP) is 6.30. The van der Waals surface area contributed by atoms with Crippen molar-refractivity contribution in [3.63, 3.8) is 0 Å². The Labute approximate surface area is 192 Å². The summed E-state index contributed by atoms with van der Waals surface area (Å²) in [6.45, 7) is 7.91. The fraction of sp³-hybridized carbons (Fsp3) is 0.750. The van der Waals surface area contributed by atoms with Gasteiger partial charge in [-0.25, -0.2) is 0 Å². The highest BCUT2D eigenvalue weighted by Crippen LogP contribution is 2.67. The van der Waals surface area contributed by atoms with Gasteiger partial charge in [0, 0.05) is 5.92 Å². The van der Waals surface area contributed by atoms with E-state index in [1.807, 2.05) is 24.3 Å². The first-order valence-corrected chi connectivity index (χ1v) is 13.2. The van der Waals surface area contributed by atoms with Gasteiger partial charge in [-0.1, -0.05) is 39.3 Å². The molecule has 4 nitrogen and oxygen atoms in total. The molecule has 32 heavy (non-hydrogen) atoms. The largest absolute Gasteiger partial charge is 0.297 e. The van der Waals surface area contributed by atoms with E-state index < -0.39 is 0 Å². The molecular formula is C28H39N3O. The minimum Gasteiger partial charge on any atom is -0.297 e. The van der Waals surface area contributed by atoms with Crippen LogP contribution in [0.5, 0.6) is 0 Å². The molecule has 0 bridgehead atoms. The number of ketones is 1. The maximum Gasteiger partial charge on any atom is 0.159 e. The van der Waals surface area contributed by atoms with Crippen LogP contribution in [0, 0.1) is 46.3 Å². The van der Waals surface area contributed by atoms with Gasteiger partial charge < -0.3 is 0 Å². The second-order valence-corrected chi connectivity index (χ2v) is 12.4. The number of nitrogens with zero attached hydrogens (tertiary/aromatic N) is 3. The van der Waals surface area contributed by atoms with Crippen molar-refractivity contribution in [2.45, 2.75) is 85.1 Å². The second-order valence-electron chi connectivity index (χ2n) is 12.4. The van der Waals surface area contributed by atoms with Crippen molar-refractivity contribution in [1.82, 2.24) is 15.0 Å². The zero-order chi connectivity index (χ0) is 22.1. The molecule has 1 aromatic carbocycles. The van der Waals surface area contributed by atoms with E-state index in [0.29, 0.717) is 17.7 Å². The van der Waals surface area contributed by atoms with Gasteiger partial charge >= 0.3 is 0 Å². The zero-order valence-corrected chi connectivity index (χ0v) is 20.1. The molecule has 6 rings (SSSR count). The molecule has 0 spiro atoms. The van der Waals surface area contributed by atoms with Gasteiger partial charge in [-0.3, -0.25) is 4.79 Å². The average Bonchev–Trinajstić information content (AvgIpc) is 3.34. The monoisotopic (exact) mass is 433 g/mol. The number of carbonyl (C=O) groups is 1. The first-order valence-electron chi connectivity index (χ1n) is 13.2. The van der Waals surface area contributed by atoms with E-state index in [4.69, 9.17) is 0 Å². The predicted molar refractivity (Wildman–Crippen MR) is 127 cm³/mol. The standard InChI is InChI=1S/C28H39N3O/c1-18-12-14-27(2)19(16-18)8-9-20-21-10-11-23(28(21,3)15-13-22(20)27)26(32)17-31-29-24-6-4-5-7-25(24)30-31/h4-7,18-23H,8-17H2,1-3H3. The molecule has 0 saturated heterocycles. The SMILES string of the molecule is CC1CCC2(C)C(CCC3C2CCC2(C)C(C(=O)Cn4nc5ccccc5n4)CCC32)C1. The number of aromatic nitrogens is 3. The quantitative estimate of drug-likeness (QED) is 0.571. The Bertz CT molecular complexity index is 996. The van der Waals surface area contributed by atoms with Crippen molar-refractivity contribution >= 4 is 16.8 Å². The number of rotatable bonds is 3. The van der Waals surface area contributed by atoms with Crippen molar-refractivity contribution < 1.29 is 4.79 Å². The lowest BCUT2D eigenvalue weighted by atomic mass is 9.44. The normalized spacial score (nSPS) is 43.5. The van der Waals surface area contributed by atoms with Gasteiger partial charge in [0.2, 0.25) is 0 Å². The van der Waals surface area contributed by atoms with E-state index in [2.05, 4.69) is 31.0 Å². The highest BCUT2D eigenvalue weighted by Gasteiger charge is 2.60. The molecule has 4 aliphatic carbocycles. The van der Waals surface area contributed by atoms with Crippen LogP contribution >= 0.6 is 0 Å². The Morgan fingerprint density at radius 1 is 0.938 bits per heavy atom. The van der Waals surface area contributed by atoms with Crippen LogP contribution in [0.25, 0.3) is 11.0 Å². The Balaban J connectivity index is 1.21. The van der Waals surface area contributed by atoms with E-state index in [-0.39, 0.29) is 11.3 Å². The van der Waals surface area contributed by atoms with Crippen LogP contribution in [0.4, 0.5) is 0 Å². The van der Waals surface area contributed by atoms with Crippen LogP contribution in [0.2, 0.25) is 0 Å². The molecule has 4 heteroatoms. The van der Waals surface area contributed by atoms with Gasteiger partial charge in [0.25, 0.3) is 0 Å². The molecule has 8 unspecified atom stereocenters. The molecule has 8 atom stereocenters. The van der Waals surface area contributed by atoms with Gasteiger partial charge in [0.15, 0.2) is 5.78 Å². The number of benzene rings is 1. The van der Waals surface area contributed by atoms with Crippen molar-refractivity contribution in [2.24, 2.45) is 46.3 Å². The Morgan fingerprint density at radius 2 is 1.62 bits per heavy atom. The Hall–Kier alpha value is -1.71. The topological polar surface area (TPSA) is 47.8 Å². The van der Waals surface area contributed by atoms with Crippen LogP contribution in [0.1, 0.15) is 78.6 Å². The highest BCUT2D eigenvalue weighted by atomic mass is 16.1. The van der Waals surface area contributed by atoms with Crippen molar-refractivity contribution in [3.05, 3.63) is 24.3 Å². The number of hydrogen-bond acceptors (Lipinski definition) is 3. The first kappa shape index (κ1) is 20.9. The average molecular weight is 434 g/mol. The molecular weight excluding hydrogens is 394 g/mol. The van der Waals surface area contributed by atoms with Gasteiger partial charge in [-0.15, -0.1) is 0 Å². The molecule has 4 saturated carbocycles. The van der Waals surface area contributed by atoms with Gasteiger partial charge in [-0.05, 0) is 104 Å². The molecule has 172 valence electrons. The summed E-state index contributed by atoms with van der Waals surface area (Å²) >= 11 is 0. The molecule has 2 aromatic rings. The molecule has 0 aliphatic heterocycles. The maximum atomic E-state index is 13.5. The van der Waals surface area contributed by atoms with E-state index >= 15 is 0 Å². The summed E-state index contributed by atoms with van der Waals surface area (Å²) < 4.78 is 0. The second kappa shape index (κ2) is 7.40. The summed E-state index contributed by atoms with van der Waals surface area (Å²) in [7, 11) is 0. The zero-order valence-electron chi connectivity index (χ0n) is 20.1. The minimum atomic E-state index is 0.177. The van der Waals surface area contributed by atoms with E-state index in [1.165, 1.54) is 51.4 Å². The fourth-order valence-electron chi connectivity index (χ4n) is 9.23. The van der Waals surface area contributed by atoms with Crippen LogP contribution in [0.15, 0.2) is 24.3 Å². The van der Waals surface area contributed by atoms with Gasteiger partial charge in [-0.2, -0.15) is 15.0 Å². The van der Waals surface area contributed by atoms with E-state index in [9.17, 15) is 4.79 Å². The molecule has 0 N–H and O–H groups in total. The van der Waals surface area contributed by atoms with Crippen molar-refractivity contribution in [1.29, 1.82) is 0 Å². The summed E-state index contributed by atoms with van der Waals surface area (Å²) in [5.41, 5.74) is 2.49. The molecule has 1 heterocycles. The maximum absolute atomic E-state index is 13.5. The number of hydrogen-bond donors (Lipinski definition) is 0. The lowest BCUT2D eigenvalue weighted by Gasteiger charge is -2.61. The summed E-state index contributed by atoms with van der Waals surface area (Å²) in [5, 5.41) is 9.12. The van der Waals surface area contributed by atoms with Crippen LogP contribution in [-0.2, 0) is 11.3 Å². The smallest absolute Gasteiger partial charge is 0.159 e. The van der Waals surface area contributed by atoms with Gasteiger partial charge in [0.1, 0.15) is 17.6 Å². The first-order chi connectivity index (χ1) is 15.4. The Kier molecular flexibility index (Phi) is 4.82. The third-order valence-electron chi connectivity index (χ3n) is 10.9. The summed E-state index contributed by atoms with van der Waals surface area (Å²) in [6.07, 6.45) is 12.0. The van der Waals surface area contributed by atoms with Crippen molar-refractivity contribution in [2.75, 3.05) is 0 Å². The fourth-order valence-corrected chi connectivity index (χ4v) is 9.23. The highest BCUT2D eigenvalue weighted by molar-refractivity contribution is 5.82. The molecule has 0 radical (unpaired) electrons. The lowest BCUT2D eigenvalue weighted by Crippen LogP contribution is -2.53. The number of Topliss-reactive ketones (excluding diaryl/α,β-unsaturated/α-hetero) is 1. The van der Waals surface area contributed by atoms with Crippen LogP contribution in [-0.4, -0.2) is 20.8 Å². The summed E-state index contributed by atoms with van der Waals surface area (Å²) in [4.78, 5) is 15.2. The van der Waals surface area contributed by atoms with E-state index in [0.717, 1.165) is 47.0 Å². The number of fused-ring (bicyclic) bond motifs is 6. The molecule has 0 amide bonds. The molecule has 4 fully saturated rings. The third-order valence-corrected chi connectivity index (χ3v) is 10.9. The minimum absolute atomic E-state index is 0.177. The van der Waals surface area contributed by atoms with Crippen molar-refractivity contribution in [3.8, 4) is 0 Å². The molecule has 1 aromatic heterocycles. The number of carbonyl (C=O) groups excluding carboxylic acids is 1. The van der Waals surface area contributed by atoms with Gasteiger partial charge in [0.05, 0.1) is 0 Å². The van der Waals surface area contributed by atoms with Crippen LogP contribution < -0.4 is 0 Å².